The Hall–Kier alpha value is -0.650. The molecule has 5 nitrogen and oxygen atoms in total. The average molecular weight is 297 g/mol. The minimum absolute atomic E-state index is 0.0525. The largest absolute Gasteiger partial charge is 0.374 e. The fraction of sp³-hybridized carbons (Fsp3) is 0.938. The molecule has 1 amide bonds. The average Bonchev–Trinajstić information content (AvgIpc) is 2.77. The van der Waals surface area contributed by atoms with E-state index >= 15 is 0 Å². The molecular weight excluding hydrogens is 266 g/mol. The Morgan fingerprint density at radius 1 is 1.29 bits per heavy atom. The number of carbonyl (C=O) groups excluding carboxylic acids is 1. The van der Waals surface area contributed by atoms with Crippen molar-refractivity contribution in [2.75, 3.05) is 32.8 Å². The van der Waals surface area contributed by atoms with E-state index in [9.17, 15) is 4.79 Å². The fourth-order valence-electron chi connectivity index (χ4n) is 3.29. The van der Waals surface area contributed by atoms with Gasteiger partial charge in [-0.15, -0.1) is 0 Å². The molecule has 5 heteroatoms. The van der Waals surface area contributed by atoms with Gasteiger partial charge in [0.1, 0.15) is 0 Å². The van der Waals surface area contributed by atoms with Crippen molar-refractivity contribution in [3.8, 4) is 0 Å². The van der Waals surface area contributed by atoms with Gasteiger partial charge in [0.25, 0.3) is 0 Å². The lowest BCUT2D eigenvalue weighted by molar-refractivity contribution is -0.134. The predicted octanol–water partition coefficient (Wildman–Crippen LogP) is 1.15. The highest BCUT2D eigenvalue weighted by Crippen LogP contribution is 2.23. The van der Waals surface area contributed by atoms with Crippen molar-refractivity contribution in [2.45, 2.75) is 52.9 Å². The molecule has 0 spiro atoms. The zero-order valence-corrected chi connectivity index (χ0v) is 14.1. The SMILES string of the molecule is CCN1CCOC(CN2C(=O)C(C(C)C)NC2C(C)C)C1. The highest BCUT2D eigenvalue weighted by atomic mass is 16.5. The highest BCUT2D eigenvalue weighted by Gasteiger charge is 2.42. The van der Waals surface area contributed by atoms with Gasteiger partial charge in [0, 0.05) is 19.6 Å². The van der Waals surface area contributed by atoms with Crippen molar-refractivity contribution in [1.82, 2.24) is 15.1 Å². The van der Waals surface area contributed by atoms with Gasteiger partial charge < -0.3 is 9.64 Å². The third-order valence-corrected chi connectivity index (χ3v) is 4.60. The lowest BCUT2D eigenvalue weighted by Crippen LogP contribution is -2.51. The molecule has 2 aliphatic heterocycles. The second-order valence-electron chi connectivity index (χ2n) is 6.95. The number of likely N-dealkylation sites (N-methyl/N-ethyl adjacent to an activating group) is 1. The molecule has 2 heterocycles. The van der Waals surface area contributed by atoms with Gasteiger partial charge in [0.05, 0.1) is 24.9 Å². The molecule has 3 atom stereocenters. The first kappa shape index (κ1) is 16.7. The molecule has 122 valence electrons. The lowest BCUT2D eigenvalue weighted by atomic mass is 10.0. The first-order valence-electron chi connectivity index (χ1n) is 8.34. The van der Waals surface area contributed by atoms with Crippen LogP contribution in [0.2, 0.25) is 0 Å². The molecular formula is C16H31N3O2. The van der Waals surface area contributed by atoms with Crippen LogP contribution < -0.4 is 5.32 Å². The van der Waals surface area contributed by atoms with Gasteiger partial charge in [-0.25, -0.2) is 0 Å². The van der Waals surface area contributed by atoms with Crippen molar-refractivity contribution in [2.24, 2.45) is 11.8 Å². The standard InChI is InChI=1S/C16H31N3O2/c1-6-18-7-8-21-13(9-18)10-19-15(12(4)5)17-14(11(2)3)16(19)20/h11-15,17H,6-10H2,1-5H3. The molecule has 0 aliphatic carbocycles. The molecule has 2 fully saturated rings. The van der Waals surface area contributed by atoms with E-state index in [-0.39, 0.29) is 24.2 Å². The zero-order chi connectivity index (χ0) is 15.6. The molecule has 0 aromatic heterocycles. The Balaban J connectivity index is 2.03. The van der Waals surface area contributed by atoms with E-state index in [2.05, 4.69) is 44.8 Å². The Morgan fingerprint density at radius 2 is 2.00 bits per heavy atom. The van der Waals surface area contributed by atoms with Crippen molar-refractivity contribution in [1.29, 1.82) is 0 Å². The van der Waals surface area contributed by atoms with Crippen molar-refractivity contribution in [3.63, 3.8) is 0 Å². The summed E-state index contributed by atoms with van der Waals surface area (Å²) < 4.78 is 5.88. The van der Waals surface area contributed by atoms with Crippen LogP contribution >= 0.6 is 0 Å². The van der Waals surface area contributed by atoms with Crippen LogP contribution in [0.5, 0.6) is 0 Å². The minimum Gasteiger partial charge on any atom is -0.374 e. The van der Waals surface area contributed by atoms with Crippen LogP contribution in [-0.2, 0) is 9.53 Å². The van der Waals surface area contributed by atoms with Crippen LogP contribution in [0, 0.1) is 11.8 Å². The molecule has 1 N–H and O–H groups in total. The molecule has 2 rings (SSSR count). The monoisotopic (exact) mass is 297 g/mol. The van der Waals surface area contributed by atoms with E-state index in [1.165, 1.54) is 0 Å². The maximum absolute atomic E-state index is 12.7. The summed E-state index contributed by atoms with van der Waals surface area (Å²) >= 11 is 0. The number of hydrogen-bond acceptors (Lipinski definition) is 4. The molecule has 21 heavy (non-hydrogen) atoms. The molecule has 0 bridgehead atoms. The van der Waals surface area contributed by atoms with E-state index in [4.69, 9.17) is 4.74 Å². The van der Waals surface area contributed by atoms with Crippen LogP contribution in [0.4, 0.5) is 0 Å². The summed E-state index contributed by atoms with van der Waals surface area (Å²) in [7, 11) is 0. The number of nitrogens with zero attached hydrogens (tertiary/aromatic N) is 2. The summed E-state index contributed by atoms with van der Waals surface area (Å²) in [6.07, 6.45) is 0.266. The van der Waals surface area contributed by atoms with Gasteiger partial charge in [0.2, 0.25) is 5.91 Å². The molecule has 0 aromatic carbocycles. The van der Waals surface area contributed by atoms with Crippen molar-refractivity contribution in [3.05, 3.63) is 0 Å². The third-order valence-electron chi connectivity index (χ3n) is 4.60. The summed E-state index contributed by atoms with van der Waals surface area (Å²) in [5, 5.41) is 3.51. The summed E-state index contributed by atoms with van der Waals surface area (Å²) in [6.45, 7) is 15.2. The van der Waals surface area contributed by atoms with Crippen LogP contribution in [0.25, 0.3) is 0 Å². The van der Waals surface area contributed by atoms with Gasteiger partial charge >= 0.3 is 0 Å². The Bertz CT molecular complexity index is 359. The molecule has 2 aliphatic rings. The number of rotatable bonds is 5. The summed E-state index contributed by atoms with van der Waals surface area (Å²) in [5.74, 6) is 0.965. The first-order valence-corrected chi connectivity index (χ1v) is 8.34. The quantitative estimate of drug-likeness (QED) is 0.827. The minimum atomic E-state index is -0.0525. The molecule has 0 aromatic rings. The van der Waals surface area contributed by atoms with Crippen LogP contribution in [0.1, 0.15) is 34.6 Å². The van der Waals surface area contributed by atoms with Crippen LogP contribution in [-0.4, -0.2) is 66.8 Å². The third kappa shape index (κ3) is 3.76. The van der Waals surface area contributed by atoms with Gasteiger partial charge in [-0.2, -0.15) is 0 Å². The van der Waals surface area contributed by atoms with Crippen LogP contribution in [0.15, 0.2) is 0 Å². The van der Waals surface area contributed by atoms with E-state index in [0.717, 1.165) is 26.2 Å². The summed E-state index contributed by atoms with van der Waals surface area (Å²) in [5.41, 5.74) is 0. The van der Waals surface area contributed by atoms with E-state index in [1.807, 2.05) is 4.90 Å². The number of hydrogen-bond donors (Lipinski definition) is 1. The smallest absolute Gasteiger partial charge is 0.241 e. The van der Waals surface area contributed by atoms with Crippen molar-refractivity contribution < 1.29 is 9.53 Å². The lowest BCUT2D eigenvalue weighted by Gasteiger charge is -2.36. The molecule has 2 saturated heterocycles. The van der Waals surface area contributed by atoms with Gasteiger partial charge in [0.15, 0.2) is 0 Å². The number of carbonyl (C=O) groups is 1. The molecule has 3 unspecified atom stereocenters. The number of ether oxygens (including phenoxy) is 1. The second-order valence-corrected chi connectivity index (χ2v) is 6.95. The van der Waals surface area contributed by atoms with Gasteiger partial charge in [-0.05, 0) is 18.4 Å². The summed E-state index contributed by atoms with van der Waals surface area (Å²) in [4.78, 5) is 17.1. The Morgan fingerprint density at radius 3 is 2.57 bits per heavy atom. The first-order chi connectivity index (χ1) is 9.93. The van der Waals surface area contributed by atoms with E-state index in [0.29, 0.717) is 18.4 Å². The van der Waals surface area contributed by atoms with Gasteiger partial charge in [-0.1, -0.05) is 34.6 Å². The molecule has 0 saturated carbocycles. The summed E-state index contributed by atoms with van der Waals surface area (Å²) in [6, 6.07) is -0.0525. The maximum Gasteiger partial charge on any atom is 0.241 e. The zero-order valence-electron chi connectivity index (χ0n) is 14.1. The number of amides is 1. The normalized spacial score (nSPS) is 31.7. The highest BCUT2D eigenvalue weighted by molar-refractivity contribution is 5.84. The van der Waals surface area contributed by atoms with Gasteiger partial charge in [-0.3, -0.25) is 15.0 Å². The van der Waals surface area contributed by atoms with E-state index in [1.54, 1.807) is 0 Å². The Labute approximate surface area is 129 Å². The predicted molar refractivity (Wildman–Crippen MR) is 84.0 cm³/mol. The van der Waals surface area contributed by atoms with E-state index < -0.39 is 0 Å². The Kier molecular flexibility index (Phi) is 5.63. The second kappa shape index (κ2) is 7.07. The fourth-order valence-corrected chi connectivity index (χ4v) is 3.29. The molecule has 0 radical (unpaired) electrons. The number of nitrogens with one attached hydrogen (secondary N) is 1. The number of morpholine rings is 1. The van der Waals surface area contributed by atoms with Crippen molar-refractivity contribution >= 4 is 5.91 Å². The van der Waals surface area contributed by atoms with Crippen LogP contribution in [0.3, 0.4) is 0 Å². The maximum atomic E-state index is 12.7. The topological polar surface area (TPSA) is 44.8 Å².